The van der Waals surface area contributed by atoms with E-state index in [2.05, 4.69) is 17.2 Å². The summed E-state index contributed by atoms with van der Waals surface area (Å²) in [6.07, 6.45) is 1.01. The van der Waals surface area contributed by atoms with Crippen LogP contribution < -0.4 is 5.32 Å². The second-order valence-corrected chi connectivity index (χ2v) is 5.04. The molecule has 0 amide bonds. The number of halogens is 1. The first kappa shape index (κ1) is 13.2. The summed E-state index contributed by atoms with van der Waals surface area (Å²) in [4.78, 5) is 4.31. The third kappa shape index (κ3) is 2.94. The van der Waals surface area contributed by atoms with E-state index < -0.39 is 0 Å². The molecule has 2 aromatic rings. The molecule has 0 fully saturated rings. The maximum Gasteiger partial charge on any atom is 0.128 e. The highest BCUT2D eigenvalue weighted by Gasteiger charge is 2.18. The molecule has 0 radical (unpaired) electrons. The number of benzene rings is 1. The Hall–Kier alpha value is -1.26. The van der Waals surface area contributed by atoms with E-state index >= 15 is 0 Å². The van der Waals surface area contributed by atoms with E-state index in [4.69, 9.17) is 0 Å². The Bertz CT molecular complexity index is 497. The lowest BCUT2D eigenvalue weighted by Gasteiger charge is -2.18. The van der Waals surface area contributed by atoms with Gasteiger partial charge in [-0.25, -0.2) is 9.37 Å². The Labute approximate surface area is 111 Å². The van der Waals surface area contributed by atoms with Crippen molar-refractivity contribution in [2.45, 2.75) is 26.3 Å². The molecular formula is C14H17FN2S. The number of nitrogens with zero attached hydrogens (tertiary/aromatic N) is 1. The van der Waals surface area contributed by atoms with Gasteiger partial charge in [-0.05, 0) is 26.0 Å². The summed E-state index contributed by atoms with van der Waals surface area (Å²) in [5.41, 5.74) is 4.40. The van der Waals surface area contributed by atoms with Gasteiger partial charge in [-0.2, -0.15) is 0 Å². The minimum absolute atomic E-state index is 0.156. The van der Waals surface area contributed by atoms with Crippen molar-refractivity contribution in [2.24, 2.45) is 0 Å². The molecule has 0 bridgehead atoms. The van der Waals surface area contributed by atoms with Crippen molar-refractivity contribution in [3.8, 4) is 0 Å². The van der Waals surface area contributed by atoms with E-state index in [1.165, 1.54) is 17.4 Å². The average molecular weight is 264 g/mol. The molecule has 4 heteroatoms. The summed E-state index contributed by atoms with van der Waals surface area (Å²) in [6.45, 7) is 4.91. The van der Waals surface area contributed by atoms with Crippen molar-refractivity contribution in [2.75, 3.05) is 6.54 Å². The molecule has 0 aliphatic carbocycles. The number of aryl methyl sites for hydroxylation is 1. The fourth-order valence-electron chi connectivity index (χ4n) is 1.91. The number of hydrogen-bond donors (Lipinski definition) is 1. The van der Waals surface area contributed by atoms with E-state index in [0.29, 0.717) is 5.56 Å². The molecule has 0 saturated heterocycles. The normalized spacial score (nSPS) is 12.6. The van der Waals surface area contributed by atoms with Crippen molar-refractivity contribution in [1.29, 1.82) is 0 Å². The van der Waals surface area contributed by atoms with Gasteiger partial charge in [0, 0.05) is 10.9 Å². The zero-order valence-corrected chi connectivity index (χ0v) is 11.4. The molecule has 1 aromatic carbocycles. The maximum absolute atomic E-state index is 14.0. The van der Waals surface area contributed by atoms with E-state index in [1.54, 1.807) is 11.6 Å². The second-order valence-electron chi connectivity index (χ2n) is 4.33. The average Bonchev–Trinajstić information content (AvgIpc) is 2.88. The number of thiazole rings is 1. The summed E-state index contributed by atoms with van der Waals surface area (Å²) in [7, 11) is 0. The van der Waals surface area contributed by atoms with Crippen molar-refractivity contribution in [1.82, 2.24) is 10.3 Å². The SMILES string of the molecule is CCCNC(c1cscn1)c1cc(C)ccc1F. The van der Waals surface area contributed by atoms with Crippen molar-refractivity contribution in [3.05, 3.63) is 51.7 Å². The fraction of sp³-hybridized carbons (Fsp3) is 0.357. The van der Waals surface area contributed by atoms with E-state index in [1.807, 2.05) is 18.4 Å². The van der Waals surface area contributed by atoms with Gasteiger partial charge in [0.25, 0.3) is 0 Å². The van der Waals surface area contributed by atoms with Crippen LogP contribution in [0, 0.1) is 12.7 Å². The number of aromatic nitrogens is 1. The van der Waals surface area contributed by atoms with Crippen LogP contribution in [-0.4, -0.2) is 11.5 Å². The molecule has 18 heavy (non-hydrogen) atoms. The molecule has 2 rings (SSSR count). The Morgan fingerprint density at radius 3 is 2.94 bits per heavy atom. The van der Waals surface area contributed by atoms with Gasteiger partial charge in [0.05, 0.1) is 17.2 Å². The Morgan fingerprint density at radius 1 is 1.44 bits per heavy atom. The van der Waals surface area contributed by atoms with Gasteiger partial charge in [-0.3, -0.25) is 0 Å². The Kier molecular flexibility index (Phi) is 4.44. The van der Waals surface area contributed by atoms with Crippen LogP contribution in [0.5, 0.6) is 0 Å². The highest BCUT2D eigenvalue weighted by Crippen LogP contribution is 2.25. The number of rotatable bonds is 5. The largest absolute Gasteiger partial charge is 0.305 e. The zero-order chi connectivity index (χ0) is 13.0. The molecule has 0 saturated carbocycles. The third-order valence-corrected chi connectivity index (χ3v) is 3.41. The van der Waals surface area contributed by atoms with Gasteiger partial charge in [-0.1, -0.05) is 24.6 Å². The quantitative estimate of drug-likeness (QED) is 0.891. The molecule has 1 heterocycles. The fourth-order valence-corrected chi connectivity index (χ4v) is 2.49. The minimum atomic E-state index is -0.179. The maximum atomic E-state index is 14.0. The molecule has 1 N–H and O–H groups in total. The lowest BCUT2D eigenvalue weighted by molar-refractivity contribution is 0.540. The summed E-state index contributed by atoms with van der Waals surface area (Å²) >= 11 is 1.53. The van der Waals surface area contributed by atoms with Crippen molar-refractivity contribution >= 4 is 11.3 Å². The van der Waals surface area contributed by atoms with Crippen LogP contribution in [-0.2, 0) is 0 Å². The highest BCUT2D eigenvalue weighted by atomic mass is 32.1. The van der Waals surface area contributed by atoms with Gasteiger partial charge in [0.1, 0.15) is 5.82 Å². The van der Waals surface area contributed by atoms with E-state index in [0.717, 1.165) is 24.2 Å². The van der Waals surface area contributed by atoms with Gasteiger partial charge >= 0.3 is 0 Å². The first-order chi connectivity index (χ1) is 8.72. The van der Waals surface area contributed by atoms with Gasteiger partial charge in [0.15, 0.2) is 0 Å². The van der Waals surface area contributed by atoms with Gasteiger partial charge < -0.3 is 5.32 Å². The van der Waals surface area contributed by atoms with Crippen molar-refractivity contribution < 1.29 is 4.39 Å². The minimum Gasteiger partial charge on any atom is -0.305 e. The standard InChI is InChI=1S/C14H17FN2S/c1-3-6-16-14(13-8-18-9-17-13)11-7-10(2)4-5-12(11)15/h4-5,7-9,14,16H,3,6H2,1-2H3. The summed E-state index contributed by atoms with van der Waals surface area (Å²) in [6, 6.07) is 5.05. The van der Waals surface area contributed by atoms with E-state index in [-0.39, 0.29) is 11.9 Å². The third-order valence-electron chi connectivity index (χ3n) is 2.81. The molecular weight excluding hydrogens is 247 g/mol. The van der Waals surface area contributed by atoms with Crippen LogP contribution in [0.15, 0.2) is 29.1 Å². The molecule has 96 valence electrons. The molecule has 2 nitrogen and oxygen atoms in total. The van der Waals surface area contributed by atoms with Crippen LogP contribution in [0.4, 0.5) is 4.39 Å². The van der Waals surface area contributed by atoms with Crippen LogP contribution in [0.2, 0.25) is 0 Å². The number of hydrogen-bond acceptors (Lipinski definition) is 3. The van der Waals surface area contributed by atoms with E-state index in [9.17, 15) is 4.39 Å². The highest BCUT2D eigenvalue weighted by molar-refractivity contribution is 7.07. The summed E-state index contributed by atoms with van der Waals surface area (Å²) < 4.78 is 14.0. The molecule has 0 spiro atoms. The van der Waals surface area contributed by atoms with Crippen molar-refractivity contribution in [3.63, 3.8) is 0 Å². The zero-order valence-electron chi connectivity index (χ0n) is 10.6. The van der Waals surface area contributed by atoms with Gasteiger partial charge in [0.2, 0.25) is 0 Å². The first-order valence-electron chi connectivity index (χ1n) is 6.10. The van der Waals surface area contributed by atoms with Crippen LogP contribution in [0.25, 0.3) is 0 Å². The van der Waals surface area contributed by atoms with Crippen LogP contribution >= 0.6 is 11.3 Å². The van der Waals surface area contributed by atoms with Crippen LogP contribution in [0.1, 0.15) is 36.2 Å². The van der Waals surface area contributed by atoms with Gasteiger partial charge in [-0.15, -0.1) is 11.3 Å². The monoisotopic (exact) mass is 264 g/mol. The summed E-state index contributed by atoms with van der Waals surface area (Å²) in [5, 5.41) is 5.33. The summed E-state index contributed by atoms with van der Waals surface area (Å²) in [5.74, 6) is -0.179. The topological polar surface area (TPSA) is 24.9 Å². The smallest absolute Gasteiger partial charge is 0.128 e. The lowest BCUT2D eigenvalue weighted by Crippen LogP contribution is -2.24. The molecule has 1 unspecified atom stereocenters. The molecule has 0 aliphatic rings. The molecule has 1 aromatic heterocycles. The predicted molar refractivity (Wildman–Crippen MR) is 73.4 cm³/mol. The van der Waals surface area contributed by atoms with Crippen LogP contribution in [0.3, 0.4) is 0 Å². The Morgan fingerprint density at radius 2 is 2.28 bits per heavy atom. The molecule has 0 aliphatic heterocycles. The lowest BCUT2D eigenvalue weighted by atomic mass is 10.0. The Balaban J connectivity index is 2.36. The predicted octanol–water partition coefficient (Wildman–Crippen LogP) is 3.68. The number of nitrogens with one attached hydrogen (secondary N) is 1. The molecule has 1 atom stereocenters. The second kappa shape index (κ2) is 6.07. The first-order valence-corrected chi connectivity index (χ1v) is 7.04.